The van der Waals surface area contributed by atoms with Gasteiger partial charge in [-0.25, -0.2) is 4.98 Å². The van der Waals surface area contributed by atoms with Crippen LogP contribution in [-0.2, 0) is 11.2 Å². The molecule has 1 N–H and O–H groups in total. The predicted molar refractivity (Wildman–Crippen MR) is 121 cm³/mol. The number of rotatable bonds is 7. The van der Waals surface area contributed by atoms with Crippen molar-refractivity contribution < 1.29 is 14.6 Å². The first-order valence-corrected chi connectivity index (χ1v) is 12.4. The Bertz CT molecular complexity index is 778. The van der Waals surface area contributed by atoms with E-state index in [1.54, 1.807) is 0 Å². The molecule has 2 aliphatic heterocycles. The lowest BCUT2D eigenvalue weighted by atomic mass is 9.72. The number of anilines is 1. The largest absolute Gasteiger partial charge is 0.489 e. The topological polar surface area (TPSA) is 65.9 Å². The predicted octanol–water partition coefficient (Wildman–Crippen LogP) is 3.21. The van der Waals surface area contributed by atoms with Crippen LogP contribution in [0.3, 0.4) is 0 Å². The van der Waals surface area contributed by atoms with Crippen LogP contribution in [0.2, 0.25) is 0 Å². The van der Waals surface area contributed by atoms with E-state index < -0.39 is 5.60 Å². The molecule has 3 heterocycles. The number of hydrogen-bond donors (Lipinski definition) is 1. The van der Waals surface area contributed by atoms with Crippen LogP contribution in [0.1, 0.15) is 63.4 Å². The lowest BCUT2D eigenvalue weighted by Gasteiger charge is -2.38. The van der Waals surface area contributed by atoms with Crippen molar-refractivity contribution in [3.63, 3.8) is 0 Å². The van der Waals surface area contributed by atoms with Gasteiger partial charge in [0.25, 0.3) is 0 Å². The van der Waals surface area contributed by atoms with Gasteiger partial charge >= 0.3 is 0 Å². The smallest absolute Gasteiger partial charge is 0.171 e. The number of fused-ring (bicyclic) bond motifs is 1. The van der Waals surface area contributed by atoms with Gasteiger partial charge in [-0.1, -0.05) is 12.8 Å². The van der Waals surface area contributed by atoms with Crippen LogP contribution in [0.5, 0.6) is 5.75 Å². The standard InChI is InChI=1S/C25H37N3O3/c29-22(25(30)9-1-10-25)18-20-4-2-19(3-5-20)7-12-27-13-15-28(16-14-27)24-23-21(6-11-26-24)8-17-31-23/h6,11,19-20,30H,1-5,7-10,12-18H2. The normalized spacial score (nSPS) is 28.0. The van der Waals surface area contributed by atoms with Crippen LogP contribution in [0.4, 0.5) is 5.82 Å². The number of ether oxygens (including phenoxy) is 1. The molecule has 0 atom stereocenters. The van der Waals surface area contributed by atoms with Crippen molar-refractivity contribution in [2.75, 3.05) is 44.2 Å². The zero-order valence-corrected chi connectivity index (χ0v) is 18.7. The molecule has 1 aromatic rings. The molecular formula is C25H37N3O3. The Kier molecular flexibility index (Phi) is 6.20. The molecule has 4 aliphatic rings. The number of hydrogen-bond acceptors (Lipinski definition) is 6. The summed E-state index contributed by atoms with van der Waals surface area (Å²) in [5.41, 5.74) is 0.340. The molecule has 0 amide bonds. The highest BCUT2D eigenvalue weighted by atomic mass is 16.5. The first kappa shape index (κ1) is 21.2. The molecule has 5 rings (SSSR count). The lowest BCUT2D eigenvalue weighted by molar-refractivity contribution is -0.147. The van der Waals surface area contributed by atoms with Gasteiger partial charge in [-0.15, -0.1) is 0 Å². The third kappa shape index (κ3) is 4.61. The maximum absolute atomic E-state index is 12.3. The van der Waals surface area contributed by atoms with E-state index >= 15 is 0 Å². The number of Topliss-reactive ketones (excluding diaryl/α,β-unsaturated/α-hetero) is 1. The highest BCUT2D eigenvalue weighted by Crippen LogP contribution is 2.38. The van der Waals surface area contributed by atoms with Crippen molar-refractivity contribution in [3.05, 3.63) is 17.8 Å². The van der Waals surface area contributed by atoms with Gasteiger partial charge in [-0.05, 0) is 63.0 Å². The summed E-state index contributed by atoms with van der Waals surface area (Å²) in [6, 6.07) is 2.09. The molecule has 2 saturated carbocycles. The van der Waals surface area contributed by atoms with Crippen molar-refractivity contribution in [3.8, 4) is 5.75 Å². The van der Waals surface area contributed by atoms with Gasteiger partial charge in [0.1, 0.15) is 5.60 Å². The molecule has 3 fully saturated rings. The molecule has 0 unspecified atom stereocenters. The highest BCUT2D eigenvalue weighted by molar-refractivity contribution is 5.88. The molecule has 31 heavy (non-hydrogen) atoms. The van der Waals surface area contributed by atoms with Gasteiger partial charge in [0, 0.05) is 50.8 Å². The van der Waals surface area contributed by atoms with Crippen LogP contribution < -0.4 is 9.64 Å². The quantitative estimate of drug-likeness (QED) is 0.721. The fraction of sp³-hybridized carbons (Fsp3) is 0.760. The Balaban J connectivity index is 1.02. The summed E-state index contributed by atoms with van der Waals surface area (Å²) in [4.78, 5) is 21.9. The van der Waals surface area contributed by atoms with Gasteiger partial charge in [0.2, 0.25) is 0 Å². The Morgan fingerprint density at radius 3 is 2.58 bits per heavy atom. The fourth-order valence-corrected chi connectivity index (χ4v) is 5.83. The molecule has 1 aromatic heterocycles. The van der Waals surface area contributed by atoms with Crippen LogP contribution in [0, 0.1) is 11.8 Å². The zero-order chi connectivity index (χ0) is 21.3. The number of nitrogens with zero attached hydrogens (tertiary/aromatic N) is 3. The van der Waals surface area contributed by atoms with Gasteiger partial charge in [-0.3, -0.25) is 9.69 Å². The summed E-state index contributed by atoms with van der Waals surface area (Å²) >= 11 is 0. The van der Waals surface area contributed by atoms with Crippen LogP contribution in [-0.4, -0.2) is 65.7 Å². The summed E-state index contributed by atoms with van der Waals surface area (Å²) in [5.74, 6) is 3.46. The molecular weight excluding hydrogens is 390 g/mol. The maximum atomic E-state index is 12.3. The number of carbonyl (C=O) groups excluding carboxylic acids is 1. The zero-order valence-electron chi connectivity index (χ0n) is 18.7. The molecule has 0 bridgehead atoms. The minimum Gasteiger partial charge on any atom is -0.489 e. The number of pyridine rings is 1. The molecule has 0 radical (unpaired) electrons. The summed E-state index contributed by atoms with van der Waals surface area (Å²) in [7, 11) is 0. The average molecular weight is 428 g/mol. The Morgan fingerprint density at radius 1 is 1.13 bits per heavy atom. The number of piperazine rings is 1. The number of ketones is 1. The summed E-state index contributed by atoms with van der Waals surface area (Å²) in [6.45, 7) is 6.18. The molecule has 2 aliphatic carbocycles. The lowest BCUT2D eigenvalue weighted by Crippen LogP contribution is -2.47. The molecule has 0 aromatic carbocycles. The second-order valence-electron chi connectivity index (χ2n) is 10.2. The molecule has 6 heteroatoms. The third-order valence-electron chi connectivity index (χ3n) is 8.25. The van der Waals surface area contributed by atoms with E-state index in [-0.39, 0.29) is 5.78 Å². The summed E-state index contributed by atoms with van der Waals surface area (Å²) < 4.78 is 5.84. The average Bonchev–Trinajstić information content (AvgIpc) is 3.26. The Morgan fingerprint density at radius 2 is 1.87 bits per heavy atom. The van der Waals surface area contributed by atoms with E-state index in [1.165, 1.54) is 31.4 Å². The van der Waals surface area contributed by atoms with Gasteiger partial charge in [-0.2, -0.15) is 0 Å². The van der Waals surface area contributed by atoms with E-state index in [0.29, 0.717) is 25.2 Å². The third-order valence-corrected chi connectivity index (χ3v) is 8.25. The van der Waals surface area contributed by atoms with Gasteiger partial charge < -0.3 is 14.7 Å². The number of aliphatic hydroxyl groups is 1. The number of aromatic nitrogens is 1. The van der Waals surface area contributed by atoms with E-state index in [0.717, 1.165) is 76.0 Å². The van der Waals surface area contributed by atoms with Crippen LogP contribution in [0.25, 0.3) is 0 Å². The van der Waals surface area contributed by atoms with Crippen molar-refractivity contribution in [1.29, 1.82) is 0 Å². The molecule has 170 valence electrons. The Hall–Kier alpha value is -1.66. The van der Waals surface area contributed by atoms with Crippen molar-refractivity contribution in [1.82, 2.24) is 9.88 Å². The second kappa shape index (κ2) is 9.07. The van der Waals surface area contributed by atoms with E-state index in [4.69, 9.17) is 4.74 Å². The minimum absolute atomic E-state index is 0.115. The van der Waals surface area contributed by atoms with Crippen molar-refractivity contribution >= 4 is 11.6 Å². The molecule has 0 spiro atoms. The van der Waals surface area contributed by atoms with E-state index in [1.807, 2.05) is 6.20 Å². The van der Waals surface area contributed by atoms with E-state index in [9.17, 15) is 9.90 Å². The van der Waals surface area contributed by atoms with Gasteiger partial charge in [0.05, 0.1) is 6.61 Å². The van der Waals surface area contributed by atoms with Crippen LogP contribution in [0.15, 0.2) is 12.3 Å². The van der Waals surface area contributed by atoms with Crippen LogP contribution >= 0.6 is 0 Å². The first-order valence-electron chi connectivity index (χ1n) is 12.4. The SMILES string of the molecule is O=C(CC1CCC(CCN2CCN(c3nccc4c3OCC4)CC2)CC1)C1(O)CCC1. The molecule has 1 saturated heterocycles. The molecule has 6 nitrogen and oxygen atoms in total. The Labute approximate surface area is 186 Å². The van der Waals surface area contributed by atoms with Crippen molar-refractivity contribution in [2.45, 2.75) is 69.8 Å². The second-order valence-corrected chi connectivity index (χ2v) is 10.2. The maximum Gasteiger partial charge on any atom is 0.171 e. The van der Waals surface area contributed by atoms with Gasteiger partial charge in [0.15, 0.2) is 17.4 Å². The number of carbonyl (C=O) groups is 1. The fourth-order valence-electron chi connectivity index (χ4n) is 5.83. The highest BCUT2D eigenvalue weighted by Gasteiger charge is 2.42. The first-order chi connectivity index (χ1) is 15.1. The summed E-state index contributed by atoms with van der Waals surface area (Å²) in [5, 5.41) is 10.3. The minimum atomic E-state index is -0.958. The van der Waals surface area contributed by atoms with Crippen molar-refractivity contribution in [2.24, 2.45) is 11.8 Å². The van der Waals surface area contributed by atoms with E-state index in [2.05, 4.69) is 20.9 Å². The monoisotopic (exact) mass is 427 g/mol. The summed E-state index contributed by atoms with van der Waals surface area (Å²) in [6.07, 6.45) is 12.0.